The Morgan fingerprint density at radius 2 is 1.71 bits per heavy atom. The first-order chi connectivity index (χ1) is 11.7. The molecule has 0 bridgehead atoms. The monoisotopic (exact) mass is 344 g/mol. The van der Waals surface area contributed by atoms with Gasteiger partial charge in [0.15, 0.2) is 0 Å². The van der Waals surface area contributed by atoms with Crippen LogP contribution in [0.3, 0.4) is 0 Å². The second-order valence-electron chi connectivity index (χ2n) is 4.96. The van der Waals surface area contributed by atoms with Crippen molar-refractivity contribution >= 4 is 23.8 Å². The average Bonchev–Trinajstić information content (AvgIpc) is 2.64. The molecule has 0 radical (unpaired) electrons. The third kappa shape index (κ3) is 5.96. The molecule has 126 valence electrons. The van der Waals surface area contributed by atoms with Gasteiger partial charge in [-0.3, -0.25) is 0 Å². The fourth-order valence-corrected chi connectivity index (χ4v) is 2.76. The Kier molecular flexibility index (Phi) is 7.17. The van der Waals surface area contributed by atoms with E-state index in [1.165, 1.54) is 12.0 Å². The summed E-state index contributed by atoms with van der Waals surface area (Å²) in [7, 11) is 1.35. The average molecular weight is 344 g/mol. The number of carbonyl (C=O) groups is 2. The van der Waals surface area contributed by atoms with Crippen molar-refractivity contribution in [2.24, 2.45) is 0 Å². The number of hydrogen-bond acceptors (Lipinski definition) is 4. The minimum atomic E-state index is -0.372. The van der Waals surface area contributed by atoms with E-state index in [0.29, 0.717) is 18.7 Å². The number of methoxy groups -OCH3 is 1. The SMILES string of the molecule is COC(=O)c1ccc(CNC(=O)NCCSc2ccccc2)cc1. The van der Waals surface area contributed by atoms with Gasteiger partial charge in [0.25, 0.3) is 0 Å². The normalized spacial score (nSPS) is 10.0. The Morgan fingerprint density at radius 1 is 1.00 bits per heavy atom. The standard InChI is InChI=1S/C18H20N2O3S/c1-23-17(21)15-9-7-14(8-10-15)13-20-18(22)19-11-12-24-16-5-3-2-4-6-16/h2-10H,11-13H2,1H3,(H2,19,20,22). The fourth-order valence-electron chi connectivity index (χ4n) is 1.97. The van der Waals surface area contributed by atoms with Crippen molar-refractivity contribution in [1.82, 2.24) is 10.6 Å². The van der Waals surface area contributed by atoms with Crippen molar-refractivity contribution < 1.29 is 14.3 Å². The Bertz CT molecular complexity index is 660. The number of hydrogen-bond donors (Lipinski definition) is 2. The first-order valence-corrected chi connectivity index (χ1v) is 8.54. The molecule has 0 aliphatic rings. The molecule has 0 heterocycles. The number of nitrogens with one attached hydrogen (secondary N) is 2. The molecule has 2 aromatic carbocycles. The van der Waals surface area contributed by atoms with E-state index in [9.17, 15) is 9.59 Å². The van der Waals surface area contributed by atoms with E-state index in [-0.39, 0.29) is 12.0 Å². The first kappa shape index (κ1) is 17.9. The van der Waals surface area contributed by atoms with Crippen LogP contribution in [0.15, 0.2) is 59.5 Å². The zero-order valence-corrected chi connectivity index (χ0v) is 14.3. The van der Waals surface area contributed by atoms with E-state index >= 15 is 0 Å². The van der Waals surface area contributed by atoms with Crippen LogP contribution in [0.2, 0.25) is 0 Å². The van der Waals surface area contributed by atoms with Crippen LogP contribution in [0.4, 0.5) is 4.79 Å². The van der Waals surface area contributed by atoms with Crippen LogP contribution >= 0.6 is 11.8 Å². The highest BCUT2D eigenvalue weighted by molar-refractivity contribution is 7.99. The minimum absolute atomic E-state index is 0.208. The molecule has 0 spiro atoms. The van der Waals surface area contributed by atoms with Crippen molar-refractivity contribution in [3.05, 3.63) is 65.7 Å². The number of carbonyl (C=O) groups excluding carboxylic acids is 2. The van der Waals surface area contributed by atoms with Crippen molar-refractivity contribution in [2.45, 2.75) is 11.4 Å². The Morgan fingerprint density at radius 3 is 2.38 bits per heavy atom. The summed E-state index contributed by atoms with van der Waals surface area (Å²) in [6.45, 7) is 0.992. The number of amides is 2. The van der Waals surface area contributed by atoms with Gasteiger partial charge in [0.1, 0.15) is 0 Å². The van der Waals surface area contributed by atoms with Crippen molar-refractivity contribution in [2.75, 3.05) is 19.4 Å². The lowest BCUT2D eigenvalue weighted by Crippen LogP contribution is -2.36. The molecule has 5 nitrogen and oxygen atoms in total. The molecule has 0 unspecified atom stereocenters. The highest BCUT2D eigenvalue weighted by Crippen LogP contribution is 2.15. The predicted octanol–water partition coefficient (Wildman–Crippen LogP) is 3.06. The van der Waals surface area contributed by atoms with Crippen LogP contribution in [0.1, 0.15) is 15.9 Å². The number of rotatable bonds is 7. The number of urea groups is 1. The van der Waals surface area contributed by atoms with Crippen LogP contribution in [-0.2, 0) is 11.3 Å². The molecule has 0 atom stereocenters. The highest BCUT2D eigenvalue weighted by Gasteiger charge is 2.05. The third-order valence-corrected chi connectivity index (χ3v) is 4.24. The Hall–Kier alpha value is -2.47. The molecule has 0 saturated heterocycles. The second kappa shape index (κ2) is 9.62. The summed E-state index contributed by atoms with van der Waals surface area (Å²) < 4.78 is 4.64. The van der Waals surface area contributed by atoms with Crippen LogP contribution in [-0.4, -0.2) is 31.4 Å². The summed E-state index contributed by atoms with van der Waals surface area (Å²) in [5.74, 6) is 0.439. The lowest BCUT2D eigenvalue weighted by atomic mass is 10.1. The van der Waals surface area contributed by atoms with E-state index in [1.54, 1.807) is 36.0 Å². The molecule has 0 aliphatic carbocycles. The number of ether oxygens (including phenoxy) is 1. The Balaban J connectivity index is 1.65. The summed E-state index contributed by atoms with van der Waals surface area (Å²) in [4.78, 5) is 24.3. The second-order valence-corrected chi connectivity index (χ2v) is 6.13. The van der Waals surface area contributed by atoms with Crippen molar-refractivity contribution in [3.63, 3.8) is 0 Å². The molecule has 0 aromatic heterocycles. The maximum absolute atomic E-state index is 11.7. The molecule has 0 fully saturated rings. The summed E-state index contributed by atoms with van der Waals surface area (Å²) in [5.41, 5.74) is 1.40. The van der Waals surface area contributed by atoms with Gasteiger partial charge >= 0.3 is 12.0 Å². The van der Waals surface area contributed by atoms with Gasteiger partial charge in [-0.15, -0.1) is 11.8 Å². The van der Waals surface area contributed by atoms with Gasteiger partial charge in [-0.1, -0.05) is 30.3 Å². The number of thioether (sulfide) groups is 1. The summed E-state index contributed by atoms with van der Waals surface area (Å²) >= 11 is 1.70. The molecule has 2 amide bonds. The number of benzene rings is 2. The first-order valence-electron chi connectivity index (χ1n) is 7.56. The van der Waals surface area contributed by atoms with Gasteiger partial charge in [-0.2, -0.15) is 0 Å². The quantitative estimate of drug-likeness (QED) is 0.460. The Labute approximate surface area is 145 Å². The van der Waals surface area contributed by atoms with Gasteiger partial charge in [-0.25, -0.2) is 9.59 Å². The van der Waals surface area contributed by atoms with Crippen LogP contribution in [0.5, 0.6) is 0 Å². The van der Waals surface area contributed by atoms with Crippen molar-refractivity contribution in [1.29, 1.82) is 0 Å². The van der Waals surface area contributed by atoms with Gasteiger partial charge in [0, 0.05) is 23.7 Å². The van der Waals surface area contributed by atoms with E-state index < -0.39 is 0 Å². The van der Waals surface area contributed by atoms with Crippen LogP contribution < -0.4 is 10.6 Å². The largest absolute Gasteiger partial charge is 0.465 e. The molecule has 0 aliphatic heterocycles. The van der Waals surface area contributed by atoms with E-state index in [2.05, 4.69) is 15.4 Å². The maximum Gasteiger partial charge on any atom is 0.337 e. The van der Waals surface area contributed by atoms with E-state index in [0.717, 1.165) is 11.3 Å². The molecule has 6 heteroatoms. The molecular weight excluding hydrogens is 324 g/mol. The lowest BCUT2D eigenvalue weighted by molar-refractivity contribution is 0.0600. The molecule has 0 saturated carbocycles. The zero-order chi connectivity index (χ0) is 17.2. The highest BCUT2D eigenvalue weighted by atomic mass is 32.2. The summed E-state index contributed by atoms with van der Waals surface area (Å²) in [5, 5.41) is 5.60. The maximum atomic E-state index is 11.7. The topological polar surface area (TPSA) is 67.4 Å². The van der Waals surface area contributed by atoms with Crippen LogP contribution in [0, 0.1) is 0 Å². The molecule has 24 heavy (non-hydrogen) atoms. The fraction of sp³-hybridized carbons (Fsp3) is 0.222. The molecule has 2 rings (SSSR count). The third-order valence-electron chi connectivity index (χ3n) is 3.23. The van der Waals surface area contributed by atoms with Crippen LogP contribution in [0.25, 0.3) is 0 Å². The van der Waals surface area contributed by atoms with Gasteiger partial charge in [0.2, 0.25) is 0 Å². The number of esters is 1. The van der Waals surface area contributed by atoms with E-state index in [1.807, 2.05) is 30.3 Å². The molecular formula is C18H20N2O3S. The smallest absolute Gasteiger partial charge is 0.337 e. The van der Waals surface area contributed by atoms with Crippen molar-refractivity contribution in [3.8, 4) is 0 Å². The lowest BCUT2D eigenvalue weighted by Gasteiger charge is -2.08. The van der Waals surface area contributed by atoms with Gasteiger partial charge < -0.3 is 15.4 Å². The molecule has 2 N–H and O–H groups in total. The predicted molar refractivity (Wildman–Crippen MR) is 95.2 cm³/mol. The summed E-state index contributed by atoms with van der Waals surface area (Å²) in [6.07, 6.45) is 0. The zero-order valence-electron chi connectivity index (χ0n) is 13.5. The minimum Gasteiger partial charge on any atom is -0.465 e. The summed E-state index contributed by atoms with van der Waals surface area (Å²) in [6, 6.07) is 16.8. The van der Waals surface area contributed by atoms with E-state index in [4.69, 9.17) is 0 Å². The van der Waals surface area contributed by atoms with Gasteiger partial charge in [-0.05, 0) is 29.8 Å². The molecule has 2 aromatic rings. The van der Waals surface area contributed by atoms with Gasteiger partial charge in [0.05, 0.1) is 12.7 Å².